The van der Waals surface area contributed by atoms with Gasteiger partial charge in [-0.1, -0.05) is 15.9 Å². The molecule has 1 heterocycles. The van der Waals surface area contributed by atoms with Crippen LogP contribution in [0.15, 0.2) is 28.9 Å². The van der Waals surface area contributed by atoms with E-state index in [2.05, 4.69) is 15.9 Å². The van der Waals surface area contributed by atoms with Crippen LogP contribution in [0, 0.1) is 0 Å². The number of benzene rings is 1. The minimum Gasteiger partial charge on any atom is -0.350 e. The summed E-state index contributed by atoms with van der Waals surface area (Å²) >= 11 is 3.40. The molecule has 0 saturated carbocycles. The predicted octanol–water partition coefficient (Wildman–Crippen LogP) is 2.49. The van der Waals surface area contributed by atoms with Gasteiger partial charge in [0, 0.05) is 34.9 Å². The highest BCUT2D eigenvalue weighted by atomic mass is 79.9. The number of rotatable bonds is 2. The summed E-state index contributed by atoms with van der Waals surface area (Å²) in [5.74, 6) is 0.0841. The Morgan fingerprint density at radius 3 is 2.69 bits per heavy atom. The number of nitrogens with zero attached hydrogens (tertiary/aromatic N) is 1. The molecule has 0 spiro atoms. The molecule has 0 aliphatic rings. The second-order valence-corrected chi connectivity index (χ2v) is 7.05. The molecule has 0 atom stereocenters. The highest BCUT2D eigenvalue weighted by Gasteiger charge is 2.11. The molecule has 5 heteroatoms. The van der Waals surface area contributed by atoms with E-state index in [1.807, 2.05) is 36.0 Å². The lowest BCUT2D eigenvalue weighted by molar-refractivity contribution is 0.601. The zero-order valence-electron chi connectivity index (χ0n) is 9.07. The highest BCUT2D eigenvalue weighted by molar-refractivity contribution is 9.10. The summed E-state index contributed by atoms with van der Waals surface area (Å²) in [6.45, 7) is 0. The molecule has 1 aromatic carbocycles. The van der Waals surface area contributed by atoms with E-state index in [-0.39, 0.29) is 5.75 Å². The molecule has 2 rings (SSSR count). The molecule has 0 N–H and O–H groups in total. The van der Waals surface area contributed by atoms with Gasteiger partial charge < -0.3 is 4.57 Å². The Kier molecular flexibility index (Phi) is 2.84. The number of sulfone groups is 1. The average Bonchev–Trinajstić information content (AvgIpc) is 2.40. The third-order valence-electron chi connectivity index (χ3n) is 2.45. The van der Waals surface area contributed by atoms with Gasteiger partial charge >= 0.3 is 0 Å². The Balaban J connectivity index is 2.66. The van der Waals surface area contributed by atoms with Crippen LogP contribution in [0.25, 0.3) is 10.9 Å². The number of hydrogen-bond acceptors (Lipinski definition) is 2. The van der Waals surface area contributed by atoms with Crippen molar-refractivity contribution >= 4 is 36.7 Å². The summed E-state index contributed by atoms with van der Waals surface area (Å²) in [4.78, 5) is 0. The molecule has 3 nitrogen and oxygen atoms in total. The standard InChI is InChI=1S/C11H12BrNO2S/c1-13-6-8(7-16(2,14)15)10-5-9(12)3-4-11(10)13/h3-6H,7H2,1-2H3. The predicted molar refractivity (Wildman–Crippen MR) is 69.2 cm³/mol. The molecule has 0 saturated heterocycles. The number of hydrogen-bond donors (Lipinski definition) is 0. The highest BCUT2D eigenvalue weighted by Crippen LogP contribution is 2.25. The van der Waals surface area contributed by atoms with Gasteiger partial charge in [0.05, 0.1) is 5.75 Å². The fraction of sp³-hybridized carbons (Fsp3) is 0.273. The molecule has 0 unspecified atom stereocenters. The van der Waals surface area contributed by atoms with Gasteiger partial charge in [0.1, 0.15) is 0 Å². The van der Waals surface area contributed by atoms with Crippen LogP contribution in [-0.4, -0.2) is 19.2 Å². The maximum atomic E-state index is 11.3. The summed E-state index contributed by atoms with van der Waals surface area (Å²) in [6, 6.07) is 5.88. The molecule has 0 fully saturated rings. The van der Waals surface area contributed by atoms with Crippen LogP contribution in [-0.2, 0) is 22.6 Å². The summed E-state index contributed by atoms with van der Waals surface area (Å²) in [5, 5.41) is 0.988. The lowest BCUT2D eigenvalue weighted by atomic mass is 10.2. The smallest absolute Gasteiger partial charge is 0.151 e. The maximum Gasteiger partial charge on any atom is 0.151 e. The van der Waals surface area contributed by atoms with Crippen LogP contribution in [0.1, 0.15) is 5.56 Å². The Hall–Kier alpha value is -0.810. The van der Waals surface area contributed by atoms with Gasteiger partial charge in [0.15, 0.2) is 9.84 Å². The fourth-order valence-corrected chi connectivity index (χ4v) is 3.00. The largest absolute Gasteiger partial charge is 0.350 e. The van der Waals surface area contributed by atoms with Crippen LogP contribution in [0.3, 0.4) is 0 Å². The zero-order chi connectivity index (χ0) is 11.9. The van der Waals surface area contributed by atoms with E-state index >= 15 is 0 Å². The first kappa shape index (κ1) is 11.7. The van der Waals surface area contributed by atoms with Gasteiger partial charge in [-0.2, -0.15) is 0 Å². The van der Waals surface area contributed by atoms with Gasteiger partial charge in [-0.25, -0.2) is 8.42 Å². The van der Waals surface area contributed by atoms with Crippen molar-refractivity contribution in [3.05, 3.63) is 34.4 Å². The third kappa shape index (κ3) is 2.30. The number of aromatic nitrogens is 1. The van der Waals surface area contributed by atoms with Crippen molar-refractivity contribution in [3.8, 4) is 0 Å². The SMILES string of the molecule is Cn1cc(CS(C)(=O)=O)c2cc(Br)ccc21. The van der Waals surface area contributed by atoms with Crippen molar-refractivity contribution in [1.29, 1.82) is 0 Å². The topological polar surface area (TPSA) is 39.1 Å². The summed E-state index contributed by atoms with van der Waals surface area (Å²) in [7, 11) is -1.08. The first-order chi connectivity index (χ1) is 7.37. The van der Waals surface area contributed by atoms with Gasteiger partial charge in [0.2, 0.25) is 0 Å². The lowest BCUT2D eigenvalue weighted by Crippen LogP contribution is -1.99. The molecule has 2 aromatic rings. The second kappa shape index (κ2) is 3.89. The van der Waals surface area contributed by atoms with E-state index in [9.17, 15) is 8.42 Å². The van der Waals surface area contributed by atoms with Crippen molar-refractivity contribution < 1.29 is 8.42 Å². The van der Waals surface area contributed by atoms with Gasteiger partial charge in [0.25, 0.3) is 0 Å². The fourth-order valence-electron chi connectivity index (χ4n) is 1.84. The molecular weight excluding hydrogens is 290 g/mol. The second-order valence-electron chi connectivity index (χ2n) is 4.00. The van der Waals surface area contributed by atoms with E-state index in [1.165, 1.54) is 6.26 Å². The molecule has 0 radical (unpaired) electrons. The van der Waals surface area contributed by atoms with E-state index in [0.717, 1.165) is 20.9 Å². The molecular formula is C11H12BrNO2S. The van der Waals surface area contributed by atoms with Crippen molar-refractivity contribution in [2.75, 3.05) is 6.26 Å². The quantitative estimate of drug-likeness (QED) is 0.855. The average molecular weight is 302 g/mol. The first-order valence-corrected chi connectivity index (χ1v) is 7.63. The number of halogens is 1. The lowest BCUT2D eigenvalue weighted by Gasteiger charge is -1.98. The van der Waals surface area contributed by atoms with Crippen molar-refractivity contribution in [1.82, 2.24) is 4.57 Å². The first-order valence-electron chi connectivity index (χ1n) is 4.78. The van der Waals surface area contributed by atoms with Gasteiger partial charge in [-0.15, -0.1) is 0 Å². The van der Waals surface area contributed by atoms with Gasteiger partial charge in [-0.05, 0) is 23.8 Å². The van der Waals surface area contributed by atoms with Crippen molar-refractivity contribution in [3.63, 3.8) is 0 Å². The number of aryl methyl sites for hydroxylation is 1. The molecule has 16 heavy (non-hydrogen) atoms. The van der Waals surface area contributed by atoms with Crippen LogP contribution < -0.4 is 0 Å². The molecule has 0 bridgehead atoms. The molecule has 1 aromatic heterocycles. The monoisotopic (exact) mass is 301 g/mol. The summed E-state index contributed by atoms with van der Waals surface area (Å²) in [5.41, 5.74) is 1.89. The Morgan fingerprint density at radius 1 is 1.38 bits per heavy atom. The molecule has 0 aliphatic carbocycles. The molecule has 86 valence electrons. The summed E-state index contributed by atoms with van der Waals surface area (Å²) < 4.78 is 25.5. The maximum absolute atomic E-state index is 11.3. The van der Waals surface area contributed by atoms with Crippen molar-refractivity contribution in [2.24, 2.45) is 7.05 Å². The Morgan fingerprint density at radius 2 is 2.06 bits per heavy atom. The van der Waals surface area contributed by atoms with E-state index in [0.29, 0.717) is 0 Å². The minimum absolute atomic E-state index is 0.0841. The Bertz CT molecular complexity index is 643. The van der Waals surface area contributed by atoms with Crippen LogP contribution >= 0.6 is 15.9 Å². The van der Waals surface area contributed by atoms with Crippen LogP contribution in [0.5, 0.6) is 0 Å². The zero-order valence-corrected chi connectivity index (χ0v) is 11.5. The Labute approximate surface area is 103 Å². The normalized spacial score (nSPS) is 12.2. The molecule has 0 amide bonds. The van der Waals surface area contributed by atoms with Crippen LogP contribution in [0.2, 0.25) is 0 Å². The third-order valence-corrected chi connectivity index (χ3v) is 3.78. The van der Waals surface area contributed by atoms with E-state index < -0.39 is 9.84 Å². The van der Waals surface area contributed by atoms with Crippen LogP contribution in [0.4, 0.5) is 0 Å². The van der Waals surface area contributed by atoms with E-state index in [4.69, 9.17) is 0 Å². The molecule has 0 aliphatic heterocycles. The minimum atomic E-state index is -3.00. The van der Waals surface area contributed by atoms with Crippen molar-refractivity contribution in [2.45, 2.75) is 5.75 Å². The van der Waals surface area contributed by atoms with Gasteiger partial charge in [-0.3, -0.25) is 0 Å². The number of fused-ring (bicyclic) bond motifs is 1. The van der Waals surface area contributed by atoms with E-state index in [1.54, 1.807) is 0 Å². The summed E-state index contributed by atoms with van der Waals surface area (Å²) in [6.07, 6.45) is 3.13.